The highest BCUT2D eigenvalue weighted by atomic mass is 32.2. The van der Waals surface area contributed by atoms with Crippen LogP contribution in [0.25, 0.3) is 0 Å². The van der Waals surface area contributed by atoms with E-state index in [0.717, 1.165) is 30.6 Å². The van der Waals surface area contributed by atoms with Crippen LogP contribution in [-0.2, 0) is 4.79 Å². The average Bonchev–Trinajstić information content (AvgIpc) is 2.52. The fourth-order valence-electron chi connectivity index (χ4n) is 1.03. The van der Waals surface area contributed by atoms with Gasteiger partial charge in [-0.3, -0.25) is 0 Å². The van der Waals surface area contributed by atoms with Crippen molar-refractivity contribution in [1.82, 2.24) is 0 Å². The molecule has 0 aliphatic heterocycles. The topological polar surface area (TPSA) is 30.2 Å². The van der Waals surface area contributed by atoms with Crippen molar-refractivity contribution < 1.29 is 9.21 Å². The molecule has 0 bridgehead atoms. The maximum Gasteiger partial charge on any atom is 0.119 e. The van der Waals surface area contributed by atoms with E-state index in [0.29, 0.717) is 6.42 Å². The van der Waals surface area contributed by atoms with Gasteiger partial charge in [-0.2, -0.15) is 0 Å². The molecule has 3 heteroatoms. The van der Waals surface area contributed by atoms with Crippen molar-refractivity contribution in [2.75, 3.05) is 5.75 Å². The number of thioether (sulfide) groups is 1. The zero-order valence-electron chi connectivity index (χ0n) is 7.79. The Morgan fingerprint density at radius 2 is 2.38 bits per heavy atom. The third-order valence-electron chi connectivity index (χ3n) is 1.79. The molecule has 0 N–H and O–H groups in total. The molecule has 0 amide bonds. The van der Waals surface area contributed by atoms with Crippen molar-refractivity contribution in [3.8, 4) is 0 Å². The van der Waals surface area contributed by atoms with Gasteiger partial charge >= 0.3 is 0 Å². The molecular weight excluding hydrogens is 184 g/mol. The first kappa shape index (κ1) is 10.4. The van der Waals surface area contributed by atoms with Crippen LogP contribution in [0, 0.1) is 6.92 Å². The molecule has 0 saturated heterocycles. The number of hydrogen-bond acceptors (Lipinski definition) is 3. The lowest BCUT2D eigenvalue weighted by Gasteiger charge is -1.97. The number of rotatable bonds is 6. The quantitative estimate of drug-likeness (QED) is 0.400. The van der Waals surface area contributed by atoms with E-state index in [1.54, 1.807) is 18.0 Å². The summed E-state index contributed by atoms with van der Waals surface area (Å²) in [5, 5.41) is 0. The van der Waals surface area contributed by atoms with Crippen molar-refractivity contribution in [3.05, 3.63) is 18.1 Å². The van der Waals surface area contributed by atoms with Crippen LogP contribution < -0.4 is 0 Å². The Hall–Kier alpha value is -0.700. The molecule has 0 aliphatic carbocycles. The van der Waals surface area contributed by atoms with Gasteiger partial charge < -0.3 is 9.21 Å². The molecule has 0 unspecified atom stereocenters. The minimum Gasteiger partial charge on any atom is -0.468 e. The highest BCUT2D eigenvalue weighted by Gasteiger charge is 2.00. The lowest BCUT2D eigenvalue weighted by Crippen LogP contribution is -1.82. The number of furan rings is 1. The van der Waals surface area contributed by atoms with Gasteiger partial charge in [-0.1, -0.05) is 0 Å². The largest absolute Gasteiger partial charge is 0.468 e. The van der Waals surface area contributed by atoms with Gasteiger partial charge in [0.1, 0.15) is 12.0 Å². The van der Waals surface area contributed by atoms with Crippen LogP contribution in [0.15, 0.2) is 21.6 Å². The Bertz CT molecular complexity index is 255. The number of aryl methyl sites for hydroxylation is 1. The smallest absolute Gasteiger partial charge is 0.119 e. The van der Waals surface area contributed by atoms with E-state index in [9.17, 15) is 4.79 Å². The Morgan fingerprint density at radius 3 is 3.00 bits per heavy atom. The molecule has 1 heterocycles. The van der Waals surface area contributed by atoms with Gasteiger partial charge in [0.15, 0.2) is 0 Å². The van der Waals surface area contributed by atoms with Gasteiger partial charge in [0.2, 0.25) is 0 Å². The summed E-state index contributed by atoms with van der Waals surface area (Å²) in [6, 6.07) is 1.99. The fourth-order valence-corrected chi connectivity index (χ4v) is 2.01. The van der Waals surface area contributed by atoms with E-state index >= 15 is 0 Å². The molecule has 0 aliphatic rings. The van der Waals surface area contributed by atoms with Crippen LogP contribution in [0.1, 0.15) is 25.0 Å². The lowest BCUT2D eigenvalue weighted by atomic mass is 10.3. The number of carbonyl (C=O) groups is 1. The third kappa shape index (κ3) is 3.68. The summed E-state index contributed by atoms with van der Waals surface area (Å²) in [6.07, 6.45) is 5.46. The van der Waals surface area contributed by atoms with Crippen molar-refractivity contribution in [1.29, 1.82) is 0 Å². The van der Waals surface area contributed by atoms with E-state index in [1.165, 1.54) is 4.90 Å². The van der Waals surface area contributed by atoms with E-state index in [-0.39, 0.29) is 0 Å². The lowest BCUT2D eigenvalue weighted by molar-refractivity contribution is -0.107. The number of aldehydes is 1. The third-order valence-corrected chi connectivity index (χ3v) is 3.01. The van der Waals surface area contributed by atoms with Gasteiger partial charge in [-0.05, 0) is 31.6 Å². The van der Waals surface area contributed by atoms with E-state index in [4.69, 9.17) is 4.42 Å². The van der Waals surface area contributed by atoms with Crippen LogP contribution in [-0.4, -0.2) is 12.0 Å². The fraction of sp³-hybridized carbons (Fsp3) is 0.500. The monoisotopic (exact) mass is 198 g/mol. The maximum atomic E-state index is 10.0. The minimum absolute atomic E-state index is 0.685. The molecule has 0 fully saturated rings. The van der Waals surface area contributed by atoms with Crippen LogP contribution in [0.2, 0.25) is 0 Å². The van der Waals surface area contributed by atoms with Crippen molar-refractivity contribution in [2.24, 2.45) is 0 Å². The van der Waals surface area contributed by atoms with Crippen LogP contribution >= 0.6 is 11.8 Å². The first-order chi connectivity index (χ1) is 6.34. The summed E-state index contributed by atoms with van der Waals surface area (Å²) in [5.41, 5.74) is 0. The van der Waals surface area contributed by atoms with Crippen molar-refractivity contribution in [3.63, 3.8) is 0 Å². The van der Waals surface area contributed by atoms with Crippen LogP contribution in [0.3, 0.4) is 0 Å². The first-order valence-corrected chi connectivity index (χ1v) is 5.43. The summed E-state index contributed by atoms with van der Waals surface area (Å²) in [7, 11) is 0. The molecule has 13 heavy (non-hydrogen) atoms. The zero-order valence-corrected chi connectivity index (χ0v) is 8.60. The van der Waals surface area contributed by atoms with Gasteiger partial charge in [0.25, 0.3) is 0 Å². The Labute approximate surface area is 82.7 Å². The molecule has 0 spiro atoms. The van der Waals surface area contributed by atoms with Crippen LogP contribution in [0.4, 0.5) is 0 Å². The standard InChI is InChI=1S/C10H14O2S/c1-9-10(5-7-12-9)13-8-4-2-3-6-11/h5-7H,2-4,8H2,1H3. The Kier molecular flexibility index (Phi) is 4.68. The van der Waals surface area contributed by atoms with Gasteiger partial charge in [0, 0.05) is 11.3 Å². The summed E-state index contributed by atoms with van der Waals surface area (Å²) < 4.78 is 5.17. The molecule has 1 aromatic rings. The van der Waals surface area contributed by atoms with Gasteiger partial charge in [0.05, 0.1) is 6.26 Å². The minimum atomic E-state index is 0.685. The van der Waals surface area contributed by atoms with Gasteiger partial charge in [-0.25, -0.2) is 0 Å². The van der Waals surface area contributed by atoms with E-state index < -0.39 is 0 Å². The number of unbranched alkanes of at least 4 members (excludes halogenated alkanes) is 2. The molecule has 2 nitrogen and oxygen atoms in total. The molecule has 0 aromatic carbocycles. The van der Waals surface area contributed by atoms with Crippen molar-refractivity contribution >= 4 is 18.0 Å². The maximum absolute atomic E-state index is 10.0. The molecular formula is C10H14O2S. The van der Waals surface area contributed by atoms with E-state index in [2.05, 4.69) is 0 Å². The van der Waals surface area contributed by atoms with Crippen molar-refractivity contribution in [2.45, 2.75) is 31.1 Å². The molecule has 1 aromatic heterocycles. The molecule has 0 atom stereocenters. The summed E-state index contributed by atoms with van der Waals surface area (Å²) >= 11 is 1.79. The average molecular weight is 198 g/mol. The van der Waals surface area contributed by atoms with Gasteiger partial charge in [-0.15, -0.1) is 11.8 Å². The SMILES string of the molecule is Cc1occc1SCCCCC=O. The summed E-state index contributed by atoms with van der Waals surface area (Å²) in [5.74, 6) is 2.05. The number of carbonyl (C=O) groups excluding carboxylic acids is 1. The van der Waals surface area contributed by atoms with E-state index in [1.807, 2.05) is 13.0 Å². The molecule has 72 valence electrons. The Morgan fingerprint density at radius 1 is 1.54 bits per heavy atom. The number of hydrogen-bond donors (Lipinski definition) is 0. The second-order valence-electron chi connectivity index (χ2n) is 2.85. The molecule has 0 saturated carbocycles. The second kappa shape index (κ2) is 5.86. The molecule has 1 rings (SSSR count). The highest BCUT2D eigenvalue weighted by Crippen LogP contribution is 2.23. The van der Waals surface area contributed by atoms with Crippen LogP contribution in [0.5, 0.6) is 0 Å². The first-order valence-electron chi connectivity index (χ1n) is 4.45. The summed E-state index contributed by atoms with van der Waals surface area (Å²) in [4.78, 5) is 11.2. The predicted octanol–water partition coefficient (Wildman–Crippen LogP) is 3.05. The zero-order chi connectivity index (χ0) is 9.52. The Balaban J connectivity index is 2.13. The summed E-state index contributed by atoms with van der Waals surface area (Å²) in [6.45, 7) is 1.97. The predicted molar refractivity (Wildman–Crippen MR) is 54.1 cm³/mol. The normalized spacial score (nSPS) is 10.2. The second-order valence-corrected chi connectivity index (χ2v) is 3.99. The highest BCUT2D eigenvalue weighted by molar-refractivity contribution is 7.99. The molecule has 0 radical (unpaired) electrons.